The molecule has 21 heavy (non-hydrogen) atoms. The van der Waals surface area contributed by atoms with Crippen LogP contribution >= 0.6 is 0 Å². The van der Waals surface area contributed by atoms with Crippen molar-refractivity contribution in [2.75, 3.05) is 13.7 Å². The first-order valence-corrected chi connectivity index (χ1v) is 7.75. The van der Waals surface area contributed by atoms with Crippen molar-refractivity contribution in [1.82, 2.24) is 5.32 Å². The van der Waals surface area contributed by atoms with E-state index in [0.717, 1.165) is 37.9 Å². The maximum absolute atomic E-state index is 12.1. The van der Waals surface area contributed by atoms with E-state index in [1.54, 1.807) is 0 Å². The van der Waals surface area contributed by atoms with Gasteiger partial charge in [-0.1, -0.05) is 30.3 Å². The summed E-state index contributed by atoms with van der Waals surface area (Å²) in [6.07, 6.45) is 5.50. The maximum Gasteiger partial charge on any atom is 0.327 e. The Morgan fingerprint density at radius 3 is 2.76 bits per heavy atom. The van der Waals surface area contributed by atoms with Gasteiger partial charge in [0.2, 0.25) is 0 Å². The van der Waals surface area contributed by atoms with Gasteiger partial charge in [0.25, 0.3) is 0 Å². The molecule has 1 N–H and O–H groups in total. The van der Waals surface area contributed by atoms with E-state index in [-0.39, 0.29) is 11.6 Å². The summed E-state index contributed by atoms with van der Waals surface area (Å²) in [6.45, 7) is 0.778. The molecule has 2 fully saturated rings. The summed E-state index contributed by atoms with van der Waals surface area (Å²) in [6, 6.07) is 9.70. The second-order valence-corrected chi connectivity index (χ2v) is 6.11. The van der Waals surface area contributed by atoms with Gasteiger partial charge in [0.15, 0.2) is 0 Å². The first-order chi connectivity index (χ1) is 10.2. The van der Waals surface area contributed by atoms with E-state index in [1.807, 2.05) is 30.3 Å². The Morgan fingerprint density at radius 1 is 1.38 bits per heavy atom. The van der Waals surface area contributed by atoms with Crippen molar-refractivity contribution in [1.29, 1.82) is 0 Å². The summed E-state index contributed by atoms with van der Waals surface area (Å²) < 4.78 is 10.9. The predicted molar refractivity (Wildman–Crippen MR) is 79.9 cm³/mol. The molecule has 0 radical (unpaired) electrons. The molecule has 0 aromatic heterocycles. The number of hydrogen-bond donors (Lipinski definition) is 1. The molecule has 0 amide bonds. The standard InChI is InChI=1S/C17H23NO3/c1-20-16(19)15(13-6-3-2-4-7-13)18-14-8-11-21-17(12-14)9-5-10-17/h2-4,6-7,14-15,18H,5,8-12H2,1H3. The monoisotopic (exact) mass is 289 g/mol. The van der Waals surface area contributed by atoms with Crippen LogP contribution in [0.4, 0.5) is 0 Å². The molecule has 1 spiro atoms. The Bertz CT molecular complexity index is 484. The average Bonchev–Trinajstić information content (AvgIpc) is 2.51. The highest BCUT2D eigenvalue weighted by atomic mass is 16.5. The normalized spacial score (nSPS) is 25.1. The zero-order chi connectivity index (χ0) is 14.7. The molecule has 1 heterocycles. The van der Waals surface area contributed by atoms with Crippen molar-refractivity contribution >= 4 is 5.97 Å². The quantitative estimate of drug-likeness (QED) is 0.866. The van der Waals surface area contributed by atoms with E-state index < -0.39 is 6.04 Å². The van der Waals surface area contributed by atoms with Crippen LogP contribution in [0.3, 0.4) is 0 Å². The summed E-state index contributed by atoms with van der Waals surface area (Å²) in [5.41, 5.74) is 1.03. The lowest BCUT2D eigenvalue weighted by Crippen LogP contribution is -2.52. The summed E-state index contributed by atoms with van der Waals surface area (Å²) >= 11 is 0. The van der Waals surface area contributed by atoms with E-state index in [1.165, 1.54) is 13.5 Å². The van der Waals surface area contributed by atoms with Crippen LogP contribution in [-0.2, 0) is 14.3 Å². The fourth-order valence-electron chi connectivity index (χ4n) is 3.39. The van der Waals surface area contributed by atoms with Gasteiger partial charge in [0.1, 0.15) is 6.04 Å². The van der Waals surface area contributed by atoms with Gasteiger partial charge in [-0.3, -0.25) is 5.32 Å². The highest BCUT2D eigenvalue weighted by molar-refractivity contribution is 5.77. The number of rotatable bonds is 4. The largest absolute Gasteiger partial charge is 0.468 e. The third-order valence-electron chi connectivity index (χ3n) is 4.73. The maximum atomic E-state index is 12.1. The first-order valence-electron chi connectivity index (χ1n) is 7.75. The number of ether oxygens (including phenoxy) is 2. The molecule has 3 rings (SSSR count). The Labute approximate surface area is 125 Å². The van der Waals surface area contributed by atoms with Crippen molar-refractivity contribution in [2.24, 2.45) is 0 Å². The smallest absolute Gasteiger partial charge is 0.327 e. The fraction of sp³-hybridized carbons (Fsp3) is 0.588. The van der Waals surface area contributed by atoms with Gasteiger partial charge < -0.3 is 9.47 Å². The Hall–Kier alpha value is -1.39. The number of carbonyl (C=O) groups excluding carboxylic acids is 1. The van der Waals surface area contributed by atoms with Gasteiger partial charge in [-0.25, -0.2) is 4.79 Å². The molecule has 1 aliphatic carbocycles. The number of methoxy groups -OCH3 is 1. The molecule has 1 saturated heterocycles. The lowest BCUT2D eigenvalue weighted by Gasteiger charge is -2.47. The zero-order valence-corrected chi connectivity index (χ0v) is 12.5. The highest BCUT2D eigenvalue weighted by Crippen LogP contribution is 2.42. The van der Waals surface area contributed by atoms with E-state index in [0.29, 0.717) is 6.04 Å². The number of hydrogen-bond acceptors (Lipinski definition) is 4. The first kappa shape index (κ1) is 14.5. The summed E-state index contributed by atoms with van der Waals surface area (Å²) in [5.74, 6) is -0.227. The zero-order valence-electron chi connectivity index (χ0n) is 12.5. The number of benzene rings is 1. The molecule has 1 aliphatic heterocycles. The molecule has 2 aliphatic rings. The van der Waals surface area contributed by atoms with Crippen LogP contribution < -0.4 is 5.32 Å². The molecule has 2 unspecified atom stereocenters. The van der Waals surface area contributed by atoms with Gasteiger partial charge in [-0.15, -0.1) is 0 Å². The van der Waals surface area contributed by atoms with E-state index >= 15 is 0 Å². The molecule has 1 saturated carbocycles. The number of esters is 1. The van der Waals surface area contributed by atoms with Gasteiger partial charge in [-0.05, 0) is 37.7 Å². The molecule has 0 bridgehead atoms. The van der Waals surface area contributed by atoms with Crippen LogP contribution in [0.2, 0.25) is 0 Å². The van der Waals surface area contributed by atoms with E-state index in [4.69, 9.17) is 9.47 Å². The Kier molecular flexibility index (Phi) is 4.27. The van der Waals surface area contributed by atoms with Crippen molar-refractivity contribution < 1.29 is 14.3 Å². The minimum absolute atomic E-state index is 0.0767. The van der Waals surface area contributed by atoms with E-state index in [2.05, 4.69) is 5.32 Å². The molecular formula is C17H23NO3. The van der Waals surface area contributed by atoms with Crippen molar-refractivity contribution in [2.45, 2.75) is 49.8 Å². The minimum Gasteiger partial charge on any atom is -0.468 e. The molecule has 4 heteroatoms. The summed E-state index contributed by atoms with van der Waals surface area (Å²) in [4.78, 5) is 12.1. The molecule has 4 nitrogen and oxygen atoms in total. The van der Waals surface area contributed by atoms with Gasteiger partial charge in [-0.2, -0.15) is 0 Å². The topological polar surface area (TPSA) is 47.6 Å². The van der Waals surface area contributed by atoms with Crippen LogP contribution in [0.15, 0.2) is 30.3 Å². The molecule has 114 valence electrons. The third kappa shape index (κ3) is 3.11. The van der Waals surface area contributed by atoms with Crippen LogP contribution in [0, 0.1) is 0 Å². The van der Waals surface area contributed by atoms with Crippen LogP contribution in [0.1, 0.15) is 43.7 Å². The molecule has 1 aromatic rings. The highest BCUT2D eigenvalue weighted by Gasteiger charge is 2.43. The van der Waals surface area contributed by atoms with Gasteiger partial charge in [0, 0.05) is 12.6 Å². The summed E-state index contributed by atoms with van der Waals surface area (Å²) in [5, 5.41) is 3.49. The third-order valence-corrected chi connectivity index (χ3v) is 4.73. The van der Waals surface area contributed by atoms with Crippen molar-refractivity contribution in [3.05, 3.63) is 35.9 Å². The number of nitrogens with one attached hydrogen (secondary N) is 1. The molecule has 2 atom stereocenters. The van der Waals surface area contributed by atoms with Crippen LogP contribution in [0.5, 0.6) is 0 Å². The van der Waals surface area contributed by atoms with Crippen molar-refractivity contribution in [3.63, 3.8) is 0 Å². The Morgan fingerprint density at radius 2 is 2.14 bits per heavy atom. The second-order valence-electron chi connectivity index (χ2n) is 6.11. The lowest BCUT2D eigenvalue weighted by molar-refractivity contribution is -0.148. The molecular weight excluding hydrogens is 266 g/mol. The lowest BCUT2D eigenvalue weighted by atomic mass is 9.74. The minimum atomic E-state index is -0.392. The fourth-order valence-corrected chi connectivity index (χ4v) is 3.39. The van der Waals surface area contributed by atoms with E-state index in [9.17, 15) is 4.79 Å². The molecule has 1 aromatic carbocycles. The SMILES string of the molecule is COC(=O)C(NC1CCOC2(CCC2)C1)c1ccccc1. The van der Waals surface area contributed by atoms with Crippen LogP contribution in [0.25, 0.3) is 0 Å². The van der Waals surface area contributed by atoms with Gasteiger partial charge >= 0.3 is 5.97 Å². The van der Waals surface area contributed by atoms with Crippen LogP contribution in [-0.4, -0.2) is 31.3 Å². The second kappa shape index (κ2) is 6.16. The predicted octanol–water partition coefficient (Wildman–Crippen LogP) is 2.59. The van der Waals surface area contributed by atoms with Gasteiger partial charge in [0.05, 0.1) is 12.7 Å². The Balaban J connectivity index is 1.71. The average molecular weight is 289 g/mol. The number of carbonyl (C=O) groups is 1. The summed E-state index contributed by atoms with van der Waals surface area (Å²) in [7, 11) is 1.44. The van der Waals surface area contributed by atoms with Crippen molar-refractivity contribution in [3.8, 4) is 0 Å².